The van der Waals surface area contributed by atoms with E-state index in [1.165, 1.54) is 21.2 Å². The molecule has 0 atom stereocenters. The Morgan fingerprint density at radius 3 is 2.12 bits per heavy atom. The van der Waals surface area contributed by atoms with Crippen LogP contribution in [0.3, 0.4) is 0 Å². The van der Waals surface area contributed by atoms with Crippen molar-refractivity contribution in [2.45, 2.75) is 29.1 Å². The second-order valence-electron chi connectivity index (χ2n) is 7.06. The van der Waals surface area contributed by atoms with Crippen LogP contribution in [0.25, 0.3) is 0 Å². The number of para-hydroxylation sites is 2. The molecule has 2 aliphatic rings. The number of hydrogen-bond donors (Lipinski definition) is 1. The monoisotopic (exact) mass is 367 g/mol. The lowest BCUT2D eigenvalue weighted by molar-refractivity contribution is -0.123. The molecular weight excluding hydrogens is 342 g/mol. The first-order chi connectivity index (χ1) is 12.7. The average molecular weight is 368 g/mol. The second kappa shape index (κ2) is 7.72. The summed E-state index contributed by atoms with van der Waals surface area (Å²) in [7, 11) is 0. The van der Waals surface area contributed by atoms with Gasteiger partial charge in [0.2, 0.25) is 5.91 Å². The predicted octanol–water partition coefficient (Wildman–Crippen LogP) is 3.88. The number of carbonyl (C=O) groups excluding carboxylic acids is 1. The lowest BCUT2D eigenvalue weighted by atomic mass is 9.96. The molecule has 4 nitrogen and oxygen atoms in total. The molecule has 0 radical (unpaired) electrons. The van der Waals surface area contributed by atoms with Crippen LogP contribution in [0.2, 0.25) is 0 Å². The topological polar surface area (TPSA) is 49.6 Å². The SMILES string of the molecule is NC(=O)C1CCN(CCCN2c3ccccc3Sc3ccccc32)CC1. The summed E-state index contributed by atoms with van der Waals surface area (Å²) < 4.78 is 0. The maximum atomic E-state index is 11.3. The first-order valence-electron chi connectivity index (χ1n) is 9.37. The van der Waals surface area contributed by atoms with Crippen molar-refractivity contribution in [2.24, 2.45) is 11.7 Å². The molecule has 0 saturated carbocycles. The highest BCUT2D eigenvalue weighted by Crippen LogP contribution is 2.47. The molecule has 2 aromatic carbocycles. The van der Waals surface area contributed by atoms with Crippen LogP contribution in [-0.2, 0) is 4.79 Å². The molecule has 0 unspecified atom stereocenters. The molecule has 0 aliphatic carbocycles. The van der Waals surface area contributed by atoms with Gasteiger partial charge in [-0.15, -0.1) is 0 Å². The fourth-order valence-corrected chi connectivity index (χ4v) is 5.01. The molecule has 0 bridgehead atoms. The summed E-state index contributed by atoms with van der Waals surface area (Å²) in [4.78, 5) is 18.9. The van der Waals surface area contributed by atoms with Crippen molar-refractivity contribution in [3.05, 3.63) is 48.5 Å². The number of rotatable bonds is 5. The third-order valence-corrected chi connectivity index (χ3v) is 6.51. The second-order valence-corrected chi connectivity index (χ2v) is 8.14. The zero-order valence-electron chi connectivity index (χ0n) is 14.9. The third kappa shape index (κ3) is 3.60. The van der Waals surface area contributed by atoms with Crippen molar-refractivity contribution in [1.82, 2.24) is 4.90 Å². The van der Waals surface area contributed by atoms with Crippen LogP contribution >= 0.6 is 11.8 Å². The van der Waals surface area contributed by atoms with Crippen LogP contribution < -0.4 is 10.6 Å². The number of primary amides is 1. The Morgan fingerprint density at radius 1 is 0.962 bits per heavy atom. The van der Waals surface area contributed by atoms with Gasteiger partial charge in [0.25, 0.3) is 0 Å². The molecule has 2 N–H and O–H groups in total. The number of piperidine rings is 1. The Balaban J connectivity index is 1.40. The molecule has 26 heavy (non-hydrogen) atoms. The van der Waals surface area contributed by atoms with E-state index in [9.17, 15) is 4.79 Å². The summed E-state index contributed by atoms with van der Waals surface area (Å²) in [6.07, 6.45) is 2.91. The van der Waals surface area contributed by atoms with Crippen LogP contribution in [0.1, 0.15) is 19.3 Å². The van der Waals surface area contributed by atoms with E-state index in [4.69, 9.17) is 5.73 Å². The zero-order chi connectivity index (χ0) is 17.9. The van der Waals surface area contributed by atoms with Gasteiger partial charge in [0.05, 0.1) is 11.4 Å². The van der Waals surface area contributed by atoms with E-state index in [-0.39, 0.29) is 11.8 Å². The fraction of sp³-hybridized carbons (Fsp3) is 0.381. The van der Waals surface area contributed by atoms with Crippen LogP contribution in [0.4, 0.5) is 11.4 Å². The van der Waals surface area contributed by atoms with Crippen molar-refractivity contribution in [3.8, 4) is 0 Å². The van der Waals surface area contributed by atoms with Crippen molar-refractivity contribution in [3.63, 3.8) is 0 Å². The summed E-state index contributed by atoms with van der Waals surface area (Å²) in [6, 6.07) is 17.3. The molecule has 2 aliphatic heterocycles. The summed E-state index contributed by atoms with van der Waals surface area (Å²) in [6.45, 7) is 4.04. The Labute approximate surface area is 159 Å². The summed E-state index contributed by atoms with van der Waals surface area (Å²) in [5.74, 6) is -0.0622. The Bertz CT molecular complexity index is 741. The molecule has 2 aromatic rings. The number of benzene rings is 2. The van der Waals surface area contributed by atoms with Gasteiger partial charge in [-0.2, -0.15) is 0 Å². The quantitative estimate of drug-likeness (QED) is 0.871. The van der Waals surface area contributed by atoms with E-state index in [1.54, 1.807) is 0 Å². The maximum absolute atomic E-state index is 11.3. The van der Waals surface area contributed by atoms with Gasteiger partial charge in [-0.3, -0.25) is 4.79 Å². The van der Waals surface area contributed by atoms with Crippen molar-refractivity contribution < 1.29 is 4.79 Å². The van der Waals surface area contributed by atoms with Crippen molar-refractivity contribution in [1.29, 1.82) is 0 Å². The lowest BCUT2D eigenvalue weighted by Crippen LogP contribution is -2.39. The van der Waals surface area contributed by atoms with E-state index in [0.717, 1.165) is 45.4 Å². The number of nitrogens with two attached hydrogens (primary N) is 1. The van der Waals surface area contributed by atoms with Crippen molar-refractivity contribution in [2.75, 3.05) is 31.1 Å². The summed E-state index contributed by atoms with van der Waals surface area (Å²) in [5, 5.41) is 0. The summed E-state index contributed by atoms with van der Waals surface area (Å²) >= 11 is 1.85. The van der Waals surface area contributed by atoms with Gasteiger partial charge in [-0.25, -0.2) is 0 Å². The molecule has 4 rings (SSSR count). The van der Waals surface area contributed by atoms with E-state index in [1.807, 2.05) is 11.8 Å². The normalized spacial score (nSPS) is 17.6. The van der Waals surface area contributed by atoms with Crippen LogP contribution in [0.15, 0.2) is 58.3 Å². The Morgan fingerprint density at radius 2 is 1.54 bits per heavy atom. The number of nitrogens with zero attached hydrogens (tertiary/aromatic N) is 2. The third-order valence-electron chi connectivity index (χ3n) is 5.38. The molecule has 1 amide bonds. The minimum Gasteiger partial charge on any atom is -0.369 e. The van der Waals surface area contributed by atoms with Gasteiger partial charge in [-0.05, 0) is 63.2 Å². The van der Waals surface area contributed by atoms with E-state index < -0.39 is 0 Å². The molecule has 2 heterocycles. The number of likely N-dealkylation sites (tertiary alicyclic amines) is 1. The van der Waals surface area contributed by atoms with Gasteiger partial charge < -0.3 is 15.5 Å². The van der Waals surface area contributed by atoms with E-state index in [2.05, 4.69) is 58.3 Å². The largest absolute Gasteiger partial charge is 0.369 e. The first-order valence-corrected chi connectivity index (χ1v) is 10.2. The number of carbonyl (C=O) groups is 1. The van der Waals surface area contributed by atoms with E-state index in [0.29, 0.717) is 0 Å². The molecule has 1 fully saturated rings. The minimum atomic E-state index is -0.135. The molecular formula is C21H25N3OS. The predicted molar refractivity (Wildman–Crippen MR) is 107 cm³/mol. The minimum absolute atomic E-state index is 0.0733. The average Bonchev–Trinajstić information content (AvgIpc) is 2.68. The lowest BCUT2D eigenvalue weighted by Gasteiger charge is -2.34. The molecule has 1 saturated heterocycles. The molecule has 0 aromatic heterocycles. The number of anilines is 2. The van der Waals surface area contributed by atoms with Gasteiger partial charge in [0.1, 0.15) is 0 Å². The summed E-state index contributed by atoms with van der Waals surface area (Å²) in [5.41, 5.74) is 8.05. The smallest absolute Gasteiger partial charge is 0.220 e. The standard InChI is InChI=1S/C21H25N3OS/c22-21(25)16-10-14-23(15-11-16)12-5-13-24-17-6-1-3-8-19(17)26-20-9-4-2-7-18(20)24/h1-4,6-9,16H,5,10-15H2,(H2,22,25). The van der Waals surface area contributed by atoms with Gasteiger partial charge in [0, 0.05) is 22.3 Å². The first kappa shape index (κ1) is 17.4. The number of fused-ring (bicyclic) bond motifs is 2. The van der Waals surface area contributed by atoms with Gasteiger partial charge in [-0.1, -0.05) is 36.0 Å². The Kier molecular flexibility index (Phi) is 5.18. The molecule has 136 valence electrons. The molecule has 5 heteroatoms. The van der Waals surface area contributed by atoms with Crippen LogP contribution in [0.5, 0.6) is 0 Å². The molecule has 0 spiro atoms. The maximum Gasteiger partial charge on any atom is 0.220 e. The number of hydrogen-bond acceptors (Lipinski definition) is 4. The van der Waals surface area contributed by atoms with E-state index >= 15 is 0 Å². The van der Waals surface area contributed by atoms with Crippen LogP contribution in [0, 0.1) is 5.92 Å². The fourth-order valence-electron chi connectivity index (χ4n) is 3.92. The Hall–Kier alpha value is -1.98. The van der Waals surface area contributed by atoms with Gasteiger partial charge >= 0.3 is 0 Å². The van der Waals surface area contributed by atoms with Crippen LogP contribution in [-0.4, -0.2) is 37.0 Å². The highest BCUT2D eigenvalue weighted by Gasteiger charge is 2.24. The zero-order valence-corrected chi connectivity index (χ0v) is 15.8. The van der Waals surface area contributed by atoms with Crippen molar-refractivity contribution >= 4 is 29.0 Å². The highest BCUT2D eigenvalue weighted by atomic mass is 32.2. The van der Waals surface area contributed by atoms with Gasteiger partial charge in [0.15, 0.2) is 0 Å². The highest BCUT2D eigenvalue weighted by molar-refractivity contribution is 7.99. The number of amides is 1.